The van der Waals surface area contributed by atoms with Crippen molar-refractivity contribution in [1.29, 1.82) is 0 Å². The second-order valence-electron chi connectivity index (χ2n) is 6.64. The maximum absolute atomic E-state index is 12.2. The molecule has 1 N–H and O–H groups in total. The molecule has 6 heteroatoms. The van der Waals surface area contributed by atoms with E-state index in [-0.39, 0.29) is 12.3 Å². The van der Waals surface area contributed by atoms with Crippen molar-refractivity contribution in [3.63, 3.8) is 0 Å². The van der Waals surface area contributed by atoms with Gasteiger partial charge < -0.3 is 14.6 Å². The SMILES string of the molecule is Cc1oc(-c2cccs2)nc1CC(=O)NCCCN1CCCCCC1. The summed E-state index contributed by atoms with van der Waals surface area (Å²) in [5.41, 5.74) is 0.730. The highest BCUT2D eigenvalue weighted by Crippen LogP contribution is 2.26. The molecule has 1 saturated heterocycles. The number of aryl methyl sites for hydroxylation is 1. The van der Waals surface area contributed by atoms with Crippen LogP contribution in [0.4, 0.5) is 0 Å². The van der Waals surface area contributed by atoms with E-state index in [2.05, 4.69) is 15.2 Å². The molecule has 0 radical (unpaired) electrons. The molecule has 0 spiro atoms. The van der Waals surface area contributed by atoms with Crippen LogP contribution in [-0.4, -0.2) is 42.0 Å². The Kier molecular flexibility index (Phi) is 6.64. The highest BCUT2D eigenvalue weighted by atomic mass is 32.1. The Morgan fingerprint density at radius 3 is 2.84 bits per heavy atom. The van der Waals surface area contributed by atoms with Crippen molar-refractivity contribution in [2.45, 2.75) is 45.4 Å². The first-order valence-electron chi connectivity index (χ1n) is 9.21. The maximum Gasteiger partial charge on any atom is 0.236 e. The van der Waals surface area contributed by atoms with Crippen molar-refractivity contribution in [3.05, 3.63) is 29.0 Å². The van der Waals surface area contributed by atoms with E-state index in [4.69, 9.17) is 4.42 Å². The van der Waals surface area contributed by atoms with Crippen LogP contribution in [0.1, 0.15) is 43.6 Å². The minimum atomic E-state index is 0.0185. The van der Waals surface area contributed by atoms with E-state index in [1.807, 2.05) is 24.4 Å². The summed E-state index contributed by atoms with van der Waals surface area (Å²) in [6.45, 7) is 6.08. The number of amides is 1. The van der Waals surface area contributed by atoms with Crippen LogP contribution in [0.2, 0.25) is 0 Å². The Morgan fingerprint density at radius 2 is 2.12 bits per heavy atom. The van der Waals surface area contributed by atoms with Gasteiger partial charge in [0.2, 0.25) is 11.8 Å². The van der Waals surface area contributed by atoms with E-state index < -0.39 is 0 Å². The average Bonchev–Trinajstić information content (AvgIpc) is 3.17. The first-order valence-corrected chi connectivity index (χ1v) is 10.1. The molecule has 0 atom stereocenters. The predicted molar refractivity (Wildman–Crippen MR) is 101 cm³/mol. The lowest BCUT2D eigenvalue weighted by molar-refractivity contribution is -0.120. The summed E-state index contributed by atoms with van der Waals surface area (Å²) in [6, 6.07) is 3.94. The van der Waals surface area contributed by atoms with Gasteiger partial charge in [0, 0.05) is 6.54 Å². The molecular weight excluding hydrogens is 334 g/mol. The Labute approximate surface area is 153 Å². The van der Waals surface area contributed by atoms with Gasteiger partial charge in [-0.05, 0) is 57.3 Å². The van der Waals surface area contributed by atoms with Gasteiger partial charge in [-0.3, -0.25) is 4.79 Å². The van der Waals surface area contributed by atoms with Crippen molar-refractivity contribution >= 4 is 17.2 Å². The van der Waals surface area contributed by atoms with Gasteiger partial charge >= 0.3 is 0 Å². The third-order valence-corrected chi connectivity index (χ3v) is 5.48. The first-order chi connectivity index (χ1) is 12.2. The van der Waals surface area contributed by atoms with Crippen LogP contribution in [0.3, 0.4) is 0 Å². The zero-order chi connectivity index (χ0) is 17.5. The fourth-order valence-electron chi connectivity index (χ4n) is 3.20. The minimum Gasteiger partial charge on any atom is -0.440 e. The van der Waals surface area contributed by atoms with Crippen LogP contribution in [0, 0.1) is 6.92 Å². The molecule has 0 saturated carbocycles. The number of carbonyl (C=O) groups excluding carboxylic acids is 1. The number of nitrogens with zero attached hydrogens (tertiary/aromatic N) is 2. The van der Waals surface area contributed by atoms with E-state index in [0.717, 1.165) is 35.8 Å². The van der Waals surface area contributed by atoms with Crippen molar-refractivity contribution < 1.29 is 9.21 Å². The van der Waals surface area contributed by atoms with Crippen molar-refractivity contribution in [2.24, 2.45) is 0 Å². The number of hydrogen-bond acceptors (Lipinski definition) is 5. The number of hydrogen-bond donors (Lipinski definition) is 1. The Morgan fingerprint density at radius 1 is 1.32 bits per heavy atom. The van der Waals surface area contributed by atoms with Crippen molar-refractivity contribution in [3.8, 4) is 10.8 Å². The fraction of sp³-hybridized carbons (Fsp3) is 0.579. The van der Waals surface area contributed by atoms with E-state index >= 15 is 0 Å². The smallest absolute Gasteiger partial charge is 0.236 e. The molecule has 1 aliphatic rings. The lowest BCUT2D eigenvalue weighted by Gasteiger charge is -2.19. The van der Waals surface area contributed by atoms with Crippen molar-refractivity contribution in [1.82, 2.24) is 15.2 Å². The Hall–Kier alpha value is -1.66. The third-order valence-electron chi connectivity index (χ3n) is 4.62. The standard InChI is InChI=1S/C19H27N3O2S/c1-15-16(21-19(24-15)17-8-6-13-25-17)14-18(23)20-9-7-12-22-10-4-2-3-5-11-22/h6,8,13H,2-5,7,9-12,14H2,1H3,(H,20,23). The normalized spacial score (nSPS) is 15.9. The Bertz CT molecular complexity index is 658. The number of aromatic nitrogens is 1. The van der Waals surface area contributed by atoms with Crippen LogP contribution in [0.25, 0.3) is 10.8 Å². The fourth-order valence-corrected chi connectivity index (χ4v) is 3.85. The van der Waals surface area contributed by atoms with E-state index in [1.165, 1.54) is 38.8 Å². The predicted octanol–water partition coefficient (Wildman–Crippen LogP) is 3.64. The van der Waals surface area contributed by atoms with Crippen LogP contribution < -0.4 is 5.32 Å². The quantitative estimate of drug-likeness (QED) is 0.765. The molecular formula is C19H27N3O2S. The van der Waals surface area contributed by atoms with E-state index in [9.17, 15) is 4.79 Å². The molecule has 0 aromatic carbocycles. The summed E-state index contributed by atoms with van der Waals surface area (Å²) in [4.78, 5) is 20.2. The van der Waals surface area contributed by atoms with Gasteiger partial charge in [-0.25, -0.2) is 4.98 Å². The summed E-state index contributed by atoms with van der Waals surface area (Å²) >= 11 is 1.59. The van der Waals surface area contributed by atoms with Crippen LogP contribution in [0.15, 0.2) is 21.9 Å². The number of oxazole rings is 1. The molecule has 3 rings (SSSR count). The van der Waals surface area contributed by atoms with Crippen LogP contribution >= 0.6 is 11.3 Å². The summed E-state index contributed by atoms with van der Waals surface area (Å²) < 4.78 is 5.69. The summed E-state index contributed by atoms with van der Waals surface area (Å²) in [5, 5.41) is 5.00. The maximum atomic E-state index is 12.2. The second-order valence-corrected chi connectivity index (χ2v) is 7.58. The van der Waals surface area contributed by atoms with Gasteiger partial charge in [-0.1, -0.05) is 18.9 Å². The number of carbonyl (C=O) groups is 1. The van der Waals surface area contributed by atoms with E-state index in [0.29, 0.717) is 5.89 Å². The highest BCUT2D eigenvalue weighted by Gasteiger charge is 2.15. The molecule has 136 valence electrons. The molecule has 0 bridgehead atoms. The largest absolute Gasteiger partial charge is 0.440 e. The summed E-state index contributed by atoms with van der Waals surface area (Å²) in [7, 11) is 0. The molecule has 1 amide bonds. The highest BCUT2D eigenvalue weighted by molar-refractivity contribution is 7.13. The molecule has 25 heavy (non-hydrogen) atoms. The lowest BCUT2D eigenvalue weighted by atomic mass is 10.2. The van der Waals surface area contributed by atoms with Gasteiger partial charge in [0.25, 0.3) is 0 Å². The monoisotopic (exact) mass is 361 g/mol. The minimum absolute atomic E-state index is 0.0185. The van der Waals surface area contributed by atoms with Crippen LogP contribution in [-0.2, 0) is 11.2 Å². The molecule has 2 aromatic rings. The molecule has 0 unspecified atom stereocenters. The molecule has 1 aliphatic heterocycles. The number of thiophene rings is 1. The lowest BCUT2D eigenvalue weighted by Crippen LogP contribution is -2.31. The van der Waals surface area contributed by atoms with Crippen LogP contribution in [0.5, 0.6) is 0 Å². The molecule has 1 fully saturated rings. The van der Waals surface area contributed by atoms with Crippen molar-refractivity contribution in [2.75, 3.05) is 26.2 Å². The molecule has 2 aromatic heterocycles. The Balaban J connectivity index is 1.40. The first kappa shape index (κ1) is 18.1. The molecule has 5 nitrogen and oxygen atoms in total. The van der Waals surface area contributed by atoms with Gasteiger partial charge in [0.1, 0.15) is 5.76 Å². The average molecular weight is 362 g/mol. The van der Waals surface area contributed by atoms with Gasteiger partial charge in [-0.2, -0.15) is 0 Å². The summed E-state index contributed by atoms with van der Waals surface area (Å²) in [5.74, 6) is 1.35. The zero-order valence-corrected chi connectivity index (χ0v) is 15.7. The van der Waals surface area contributed by atoms with Gasteiger partial charge in [-0.15, -0.1) is 11.3 Å². The molecule has 3 heterocycles. The summed E-state index contributed by atoms with van der Waals surface area (Å²) in [6.07, 6.45) is 6.62. The van der Waals surface area contributed by atoms with Gasteiger partial charge in [0.15, 0.2) is 0 Å². The zero-order valence-electron chi connectivity index (χ0n) is 14.9. The molecule has 0 aliphatic carbocycles. The van der Waals surface area contributed by atoms with E-state index in [1.54, 1.807) is 11.3 Å². The third kappa shape index (κ3) is 5.41. The number of likely N-dealkylation sites (tertiary alicyclic amines) is 1. The van der Waals surface area contributed by atoms with Gasteiger partial charge in [0.05, 0.1) is 17.0 Å². The topological polar surface area (TPSA) is 58.4 Å². The number of rotatable bonds is 7. The number of nitrogens with one attached hydrogen (secondary N) is 1. The second kappa shape index (κ2) is 9.15.